The number of carbonyl (C=O) groups is 1. The Morgan fingerprint density at radius 3 is 2.72 bits per heavy atom. The molecule has 0 radical (unpaired) electrons. The maximum atomic E-state index is 12.8. The lowest BCUT2D eigenvalue weighted by Gasteiger charge is -2.08. The van der Waals surface area contributed by atoms with E-state index in [4.69, 9.17) is 0 Å². The lowest BCUT2D eigenvalue weighted by molar-refractivity contribution is -0.384. The zero-order valence-corrected chi connectivity index (χ0v) is 16.0. The van der Waals surface area contributed by atoms with Gasteiger partial charge in [0.25, 0.3) is 11.6 Å². The van der Waals surface area contributed by atoms with E-state index in [1.165, 1.54) is 34.5 Å². The fourth-order valence-electron chi connectivity index (χ4n) is 2.72. The Balaban J connectivity index is 1.54. The summed E-state index contributed by atoms with van der Waals surface area (Å²) in [5.74, 6) is -0.370. The van der Waals surface area contributed by atoms with Gasteiger partial charge in [-0.2, -0.15) is 20.3 Å². The Labute approximate surface area is 169 Å². The summed E-state index contributed by atoms with van der Waals surface area (Å²) in [7, 11) is 0. The highest BCUT2D eigenvalue weighted by atomic mass is 32.1. The number of hydrogen-bond acceptors (Lipinski definition) is 8. The summed E-state index contributed by atoms with van der Waals surface area (Å²) in [4.78, 5) is 27.6. The summed E-state index contributed by atoms with van der Waals surface area (Å²) in [6, 6.07) is 14.5. The normalized spacial score (nSPS) is 16.4. The van der Waals surface area contributed by atoms with Gasteiger partial charge in [0.1, 0.15) is 0 Å². The Morgan fingerprint density at radius 1 is 1.17 bits per heavy atom. The van der Waals surface area contributed by atoms with Crippen molar-refractivity contribution in [2.45, 2.75) is 13.0 Å². The summed E-state index contributed by atoms with van der Waals surface area (Å²) in [6.45, 7) is 1.68. The number of hydrogen-bond donors (Lipinski definition) is 0. The van der Waals surface area contributed by atoms with Gasteiger partial charge in [0.15, 0.2) is 6.04 Å². The van der Waals surface area contributed by atoms with Crippen molar-refractivity contribution in [2.75, 3.05) is 5.01 Å². The third-order valence-electron chi connectivity index (χ3n) is 4.17. The molecule has 0 N–H and O–H groups in total. The van der Waals surface area contributed by atoms with E-state index in [0.29, 0.717) is 16.5 Å². The first-order chi connectivity index (χ1) is 14.0. The van der Waals surface area contributed by atoms with Crippen molar-refractivity contribution in [1.29, 1.82) is 0 Å². The van der Waals surface area contributed by atoms with Crippen molar-refractivity contribution in [3.8, 4) is 11.3 Å². The molecule has 2 heterocycles. The Kier molecular flexibility index (Phi) is 4.92. The lowest BCUT2D eigenvalue weighted by Crippen LogP contribution is -2.29. The summed E-state index contributed by atoms with van der Waals surface area (Å²) < 4.78 is 0. The molecule has 0 bridgehead atoms. The van der Waals surface area contributed by atoms with E-state index in [2.05, 4.69) is 20.3 Å². The summed E-state index contributed by atoms with van der Waals surface area (Å²) in [5.41, 5.74) is 2.37. The molecule has 1 aliphatic rings. The number of nitro groups is 1. The van der Waals surface area contributed by atoms with E-state index in [1.54, 1.807) is 13.0 Å². The number of nitro benzene ring substituents is 1. The molecule has 0 saturated carbocycles. The van der Waals surface area contributed by atoms with Crippen LogP contribution in [0.15, 0.2) is 75.3 Å². The van der Waals surface area contributed by atoms with Crippen LogP contribution in [0.2, 0.25) is 0 Å². The minimum atomic E-state index is -0.890. The number of azo groups is 1. The molecule has 1 amide bonds. The number of nitrogens with zero attached hydrogens (tertiary/aromatic N) is 6. The second-order valence-corrected chi connectivity index (χ2v) is 7.00. The zero-order chi connectivity index (χ0) is 20.4. The summed E-state index contributed by atoms with van der Waals surface area (Å²) in [5, 5.41) is 26.7. The van der Waals surface area contributed by atoms with E-state index in [0.717, 1.165) is 11.3 Å². The molecular formula is C19H14N6O3S. The highest BCUT2D eigenvalue weighted by Gasteiger charge is 2.36. The predicted molar refractivity (Wildman–Crippen MR) is 110 cm³/mol. The molecule has 10 heteroatoms. The number of thiazole rings is 1. The van der Waals surface area contributed by atoms with Crippen LogP contribution in [0.3, 0.4) is 0 Å². The van der Waals surface area contributed by atoms with E-state index >= 15 is 0 Å². The molecule has 0 saturated heterocycles. The van der Waals surface area contributed by atoms with Crippen LogP contribution in [0.1, 0.15) is 6.92 Å². The SMILES string of the molecule is CC1=NN(c2nc(-c3ccccc3)cs2)C(=O)[C@H]1N=Nc1cccc([N+](=O)[O-])c1. The first-order valence-corrected chi connectivity index (χ1v) is 9.46. The topological polar surface area (TPSA) is 113 Å². The average Bonchev–Trinajstić information content (AvgIpc) is 3.32. The van der Waals surface area contributed by atoms with Gasteiger partial charge in [-0.05, 0) is 13.0 Å². The van der Waals surface area contributed by atoms with Gasteiger partial charge < -0.3 is 0 Å². The second kappa shape index (κ2) is 7.68. The first kappa shape index (κ1) is 18.6. The largest absolute Gasteiger partial charge is 0.282 e. The summed E-state index contributed by atoms with van der Waals surface area (Å²) >= 11 is 1.31. The third kappa shape index (κ3) is 3.78. The van der Waals surface area contributed by atoms with Crippen LogP contribution >= 0.6 is 11.3 Å². The molecule has 0 unspecified atom stereocenters. The Morgan fingerprint density at radius 2 is 1.97 bits per heavy atom. The Bertz CT molecular complexity index is 1140. The van der Waals surface area contributed by atoms with Crippen molar-refractivity contribution < 1.29 is 9.72 Å². The van der Waals surface area contributed by atoms with Crippen LogP contribution in [0.5, 0.6) is 0 Å². The van der Waals surface area contributed by atoms with Gasteiger partial charge in [0.2, 0.25) is 5.13 Å². The van der Waals surface area contributed by atoms with E-state index < -0.39 is 11.0 Å². The molecule has 1 aliphatic heterocycles. The standard InChI is InChI=1S/C19H14N6O3S/c1-12-17(22-21-14-8-5-9-15(10-14)25(27)28)18(26)24(23-12)19-20-16(11-29-19)13-6-3-2-4-7-13/h2-11,17H,1H3/t17-/m0/s1. The van der Waals surface area contributed by atoms with Crippen LogP contribution in [0.4, 0.5) is 16.5 Å². The molecule has 0 fully saturated rings. The highest BCUT2D eigenvalue weighted by molar-refractivity contribution is 7.14. The molecule has 1 aromatic heterocycles. The maximum Gasteiger partial charge on any atom is 0.282 e. The number of non-ortho nitro benzene ring substituents is 1. The number of benzene rings is 2. The van der Waals surface area contributed by atoms with Crippen LogP contribution in [0.25, 0.3) is 11.3 Å². The maximum absolute atomic E-state index is 12.8. The molecule has 29 heavy (non-hydrogen) atoms. The minimum Gasteiger partial charge on any atom is -0.269 e. The number of anilines is 1. The fourth-order valence-corrected chi connectivity index (χ4v) is 3.51. The number of rotatable bonds is 5. The van der Waals surface area contributed by atoms with Crippen LogP contribution in [-0.4, -0.2) is 27.6 Å². The van der Waals surface area contributed by atoms with Crippen molar-refractivity contribution in [3.05, 3.63) is 70.1 Å². The van der Waals surface area contributed by atoms with Gasteiger partial charge in [-0.3, -0.25) is 14.9 Å². The monoisotopic (exact) mass is 406 g/mol. The third-order valence-corrected chi connectivity index (χ3v) is 4.98. The Hall–Kier alpha value is -3.79. The van der Waals surface area contributed by atoms with Crippen molar-refractivity contribution in [3.63, 3.8) is 0 Å². The van der Waals surface area contributed by atoms with Gasteiger partial charge >= 0.3 is 0 Å². The first-order valence-electron chi connectivity index (χ1n) is 8.58. The zero-order valence-electron chi connectivity index (χ0n) is 15.2. The molecule has 0 aliphatic carbocycles. The van der Waals surface area contributed by atoms with Crippen LogP contribution < -0.4 is 5.01 Å². The summed E-state index contributed by atoms with van der Waals surface area (Å²) in [6.07, 6.45) is 0. The smallest absolute Gasteiger partial charge is 0.269 e. The van der Waals surface area contributed by atoms with Crippen molar-refractivity contribution >= 4 is 39.5 Å². The van der Waals surface area contributed by atoms with Gasteiger partial charge in [-0.25, -0.2) is 4.98 Å². The fraction of sp³-hybridized carbons (Fsp3) is 0.105. The molecular weight excluding hydrogens is 392 g/mol. The van der Waals surface area contributed by atoms with Crippen LogP contribution in [0, 0.1) is 10.1 Å². The van der Waals surface area contributed by atoms with Gasteiger partial charge in [0, 0.05) is 23.1 Å². The number of amides is 1. The average molecular weight is 406 g/mol. The van der Waals surface area contributed by atoms with Gasteiger partial charge in [-0.15, -0.1) is 11.3 Å². The molecule has 144 valence electrons. The lowest BCUT2D eigenvalue weighted by atomic mass is 10.2. The molecule has 1 atom stereocenters. The van der Waals surface area contributed by atoms with Crippen molar-refractivity contribution in [2.24, 2.45) is 15.3 Å². The van der Waals surface area contributed by atoms with Gasteiger partial charge in [-0.1, -0.05) is 36.4 Å². The van der Waals surface area contributed by atoms with E-state index in [-0.39, 0.29) is 11.6 Å². The molecule has 9 nitrogen and oxygen atoms in total. The molecule has 4 rings (SSSR count). The minimum absolute atomic E-state index is 0.0950. The second-order valence-electron chi connectivity index (χ2n) is 6.17. The number of aromatic nitrogens is 1. The number of hydrazone groups is 1. The van der Waals surface area contributed by atoms with E-state index in [1.807, 2.05) is 35.7 Å². The molecule has 0 spiro atoms. The van der Waals surface area contributed by atoms with E-state index in [9.17, 15) is 14.9 Å². The number of carbonyl (C=O) groups excluding carboxylic acids is 1. The molecule has 3 aromatic rings. The highest BCUT2D eigenvalue weighted by Crippen LogP contribution is 2.30. The van der Waals surface area contributed by atoms with Gasteiger partial charge in [0.05, 0.1) is 22.0 Å². The van der Waals surface area contributed by atoms with Crippen LogP contribution in [-0.2, 0) is 4.79 Å². The van der Waals surface area contributed by atoms with Crippen molar-refractivity contribution in [1.82, 2.24) is 4.98 Å². The molecule has 2 aromatic carbocycles. The predicted octanol–water partition coefficient (Wildman–Crippen LogP) is 4.59. The quantitative estimate of drug-likeness (QED) is 0.350.